The number of benzene rings is 1. The number of allylic oxidation sites excluding steroid dienone is 7. The van der Waals surface area contributed by atoms with Crippen molar-refractivity contribution in [3.8, 4) is 0 Å². The van der Waals surface area contributed by atoms with Gasteiger partial charge in [0.05, 0.1) is 0 Å². The van der Waals surface area contributed by atoms with Gasteiger partial charge in [0.1, 0.15) is 0 Å². The second kappa shape index (κ2) is 11.7. The highest BCUT2D eigenvalue weighted by molar-refractivity contribution is 6.10. The van der Waals surface area contributed by atoms with Crippen molar-refractivity contribution in [3.05, 3.63) is 77.0 Å². The van der Waals surface area contributed by atoms with Crippen LogP contribution in [0.2, 0.25) is 0 Å². The number of aliphatic imine (C=N–C) groups is 3. The molecule has 1 rings (SSSR count). The van der Waals surface area contributed by atoms with E-state index in [1.54, 1.807) is 14.1 Å². The van der Waals surface area contributed by atoms with Gasteiger partial charge in [0.25, 0.3) is 0 Å². The normalized spacial score (nSPS) is 14.8. The van der Waals surface area contributed by atoms with Gasteiger partial charge in [-0.25, -0.2) is 0 Å². The van der Waals surface area contributed by atoms with E-state index in [0.29, 0.717) is 0 Å². The minimum absolute atomic E-state index is 0.925. The lowest BCUT2D eigenvalue weighted by molar-refractivity contribution is 1.19. The van der Waals surface area contributed by atoms with Gasteiger partial charge in [-0.3, -0.25) is 15.0 Å². The Morgan fingerprint density at radius 3 is 2.30 bits per heavy atom. The van der Waals surface area contributed by atoms with E-state index in [0.717, 1.165) is 45.7 Å². The van der Waals surface area contributed by atoms with Gasteiger partial charge in [0, 0.05) is 43.5 Å². The standard InChI is InChI=1S/C24H31N3/c1-8-12-23(17-26-7)24(10-3)19(5)27-18(4)21-13-11-14-22(15-21)20(9-2)16-25-6/h9-17H,3,8H2,1-2,4-7H3/b20-9+,23-12+,24-19+,25-16?,26-17?,27-18?. The summed E-state index contributed by atoms with van der Waals surface area (Å²) in [6.45, 7) is 12.1. The molecule has 0 radical (unpaired) electrons. The molecule has 0 N–H and O–H groups in total. The Balaban J connectivity index is 3.38. The Hall–Kier alpha value is -2.81. The van der Waals surface area contributed by atoms with Gasteiger partial charge in [0.15, 0.2) is 0 Å². The summed E-state index contributed by atoms with van der Waals surface area (Å²) in [5, 5.41) is 0. The molecule has 1 aromatic rings. The van der Waals surface area contributed by atoms with Gasteiger partial charge in [-0.05, 0) is 55.5 Å². The van der Waals surface area contributed by atoms with Gasteiger partial charge in [0.2, 0.25) is 0 Å². The summed E-state index contributed by atoms with van der Waals surface area (Å²) < 4.78 is 0. The monoisotopic (exact) mass is 361 g/mol. The van der Waals surface area contributed by atoms with Gasteiger partial charge >= 0.3 is 0 Å². The molecule has 0 spiro atoms. The Bertz CT molecular complexity index is 831. The lowest BCUT2D eigenvalue weighted by Crippen LogP contribution is -1.99. The molecule has 0 heterocycles. The van der Waals surface area contributed by atoms with E-state index in [2.05, 4.69) is 59.9 Å². The van der Waals surface area contributed by atoms with E-state index in [1.165, 1.54) is 0 Å². The van der Waals surface area contributed by atoms with Gasteiger partial charge in [-0.15, -0.1) is 0 Å². The Kier molecular flexibility index (Phi) is 9.66. The van der Waals surface area contributed by atoms with Crippen molar-refractivity contribution in [1.82, 2.24) is 0 Å². The molecule has 3 heteroatoms. The summed E-state index contributed by atoms with van der Waals surface area (Å²) in [5.41, 5.74) is 7.25. The second-order valence-electron chi connectivity index (χ2n) is 6.07. The molecule has 27 heavy (non-hydrogen) atoms. The molecule has 1 aromatic carbocycles. The van der Waals surface area contributed by atoms with Crippen molar-refractivity contribution in [2.24, 2.45) is 15.0 Å². The first-order valence-electron chi connectivity index (χ1n) is 9.22. The average molecular weight is 362 g/mol. The third-order valence-corrected chi connectivity index (χ3v) is 4.13. The molecule has 0 unspecified atom stereocenters. The molecule has 0 amide bonds. The Morgan fingerprint density at radius 2 is 1.74 bits per heavy atom. The van der Waals surface area contributed by atoms with E-state index in [4.69, 9.17) is 4.99 Å². The first kappa shape index (κ1) is 22.2. The minimum Gasteiger partial charge on any atom is -0.296 e. The maximum absolute atomic E-state index is 4.85. The zero-order valence-corrected chi connectivity index (χ0v) is 17.5. The van der Waals surface area contributed by atoms with Crippen molar-refractivity contribution in [2.45, 2.75) is 34.1 Å². The molecule has 3 nitrogen and oxygen atoms in total. The Labute approximate surface area is 164 Å². The summed E-state index contributed by atoms with van der Waals surface area (Å²) in [5.74, 6) is 0. The predicted molar refractivity (Wildman–Crippen MR) is 122 cm³/mol. The van der Waals surface area contributed by atoms with Crippen LogP contribution in [0.5, 0.6) is 0 Å². The third kappa shape index (κ3) is 6.45. The molecule has 0 atom stereocenters. The van der Waals surface area contributed by atoms with Crippen molar-refractivity contribution >= 4 is 23.7 Å². The zero-order chi connectivity index (χ0) is 20.2. The summed E-state index contributed by atoms with van der Waals surface area (Å²) in [6.07, 6.45) is 10.7. The first-order chi connectivity index (χ1) is 13.0. The predicted octanol–water partition coefficient (Wildman–Crippen LogP) is 6.10. The second-order valence-corrected chi connectivity index (χ2v) is 6.07. The van der Waals surface area contributed by atoms with Gasteiger partial charge < -0.3 is 0 Å². The third-order valence-electron chi connectivity index (χ3n) is 4.13. The number of hydrogen-bond acceptors (Lipinski definition) is 3. The highest BCUT2D eigenvalue weighted by Gasteiger charge is 2.06. The van der Waals surface area contributed by atoms with Gasteiger partial charge in [-0.1, -0.05) is 49.9 Å². The summed E-state index contributed by atoms with van der Waals surface area (Å²) >= 11 is 0. The van der Waals surface area contributed by atoms with Crippen molar-refractivity contribution in [1.29, 1.82) is 0 Å². The molecule has 0 aromatic heterocycles. The quantitative estimate of drug-likeness (QED) is 0.396. The van der Waals surface area contributed by atoms with Crippen LogP contribution in [0.3, 0.4) is 0 Å². The molecule has 0 aliphatic carbocycles. The van der Waals surface area contributed by atoms with E-state index in [9.17, 15) is 0 Å². The smallest absolute Gasteiger partial charge is 0.0454 e. The topological polar surface area (TPSA) is 37.1 Å². The lowest BCUT2D eigenvalue weighted by atomic mass is 10.0. The molecule has 0 saturated heterocycles. The highest BCUT2D eigenvalue weighted by atomic mass is 14.8. The molecule has 142 valence electrons. The number of hydrogen-bond donors (Lipinski definition) is 0. The van der Waals surface area contributed by atoms with Crippen LogP contribution in [0.4, 0.5) is 0 Å². The van der Waals surface area contributed by atoms with Crippen molar-refractivity contribution in [2.75, 3.05) is 14.1 Å². The molecule has 0 fully saturated rings. The average Bonchev–Trinajstić information content (AvgIpc) is 2.67. The van der Waals surface area contributed by atoms with Crippen LogP contribution in [0.25, 0.3) is 5.57 Å². The maximum Gasteiger partial charge on any atom is 0.0454 e. The van der Waals surface area contributed by atoms with Crippen molar-refractivity contribution < 1.29 is 0 Å². The van der Waals surface area contributed by atoms with Crippen LogP contribution in [0, 0.1) is 0 Å². The molecular formula is C24H31N3. The molecule has 0 aliphatic heterocycles. The minimum atomic E-state index is 0.925. The highest BCUT2D eigenvalue weighted by Crippen LogP contribution is 2.19. The molecule has 0 aliphatic rings. The molecular weight excluding hydrogens is 330 g/mol. The lowest BCUT2D eigenvalue weighted by Gasteiger charge is -2.09. The van der Waals surface area contributed by atoms with Crippen LogP contribution in [-0.4, -0.2) is 32.2 Å². The zero-order valence-electron chi connectivity index (χ0n) is 17.5. The summed E-state index contributed by atoms with van der Waals surface area (Å²) in [6, 6.07) is 8.37. The van der Waals surface area contributed by atoms with Crippen LogP contribution in [0.1, 0.15) is 45.2 Å². The van der Waals surface area contributed by atoms with Crippen LogP contribution in [-0.2, 0) is 0 Å². The number of rotatable bonds is 8. The fourth-order valence-electron chi connectivity index (χ4n) is 2.82. The maximum atomic E-state index is 4.85. The van der Waals surface area contributed by atoms with E-state index in [-0.39, 0.29) is 0 Å². The van der Waals surface area contributed by atoms with E-state index < -0.39 is 0 Å². The SMILES string of the molecule is C=CC(/C(C=NC)=C/CC)=C(/C)N=C(C)c1cccc(/C(C=NC)=C/C)c1. The van der Waals surface area contributed by atoms with Crippen LogP contribution >= 0.6 is 0 Å². The fourth-order valence-corrected chi connectivity index (χ4v) is 2.82. The molecule has 0 bridgehead atoms. The van der Waals surface area contributed by atoms with Crippen molar-refractivity contribution in [3.63, 3.8) is 0 Å². The van der Waals surface area contributed by atoms with Gasteiger partial charge in [-0.2, -0.15) is 0 Å². The fraction of sp³-hybridized carbons (Fsp3) is 0.292. The van der Waals surface area contributed by atoms with Crippen LogP contribution in [0.15, 0.2) is 80.9 Å². The summed E-state index contributed by atoms with van der Waals surface area (Å²) in [4.78, 5) is 13.1. The Morgan fingerprint density at radius 1 is 1.07 bits per heavy atom. The van der Waals surface area contributed by atoms with E-state index in [1.807, 2.05) is 39.3 Å². The molecule has 0 saturated carbocycles. The van der Waals surface area contributed by atoms with E-state index >= 15 is 0 Å². The number of nitrogens with zero attached hydrogens (tertiary/aromatic N) is 3. The largest absolute Gasteiger partial charge is 0.296 e. The summed E-state index contributed by atoms with van der Waals surface area (Å²) in [7, 11) is 3.56. The van der Waals surface area contributed by atoms with Crippen LogP contribution < -0.4 is 0 Å². The first-order valence-corrected chi connectivity index (χ1v) is 9.22.